The molecule has 0 aliphatic carbocycles. The summed E-state index contributed by atoms with van der Waals surface area (Å²) in [5.74, 6) is -1.02. The fourth-order valence-corrected chi connectivity index (χ4v) is 0.222. The average molecular weight is 112 g/mol. The first-order valence-corrected chi connectivity index (χ1v) is 1.53. The molecule has 0 radical (unpaired) electrons. The Labute approximate surface area is 57.1 Å². The largest absolute Gasteiger partial charge is 1.00 e. The summed E-state index contributed by atoms with van der Waals surface area (Å²) in [7, 11) is 0. The molecule has 0 saturated heterocycles. The van der Waals surface area contributed by atoms with Crippen LogP contribution < -0.4 is 24.7 Å². The van der Waals surface area contributed by atoms with Gasteiger partial charge >= 0.3 is 30.7 Å². The van der Waals surface area contributed by atoms with Crippen LogP contribution in [0.5, 0.6) is 0 Å². The van der Waals surface area contributed by atoms with Gasteiger partial charge in [0.15, 0.2) is 6.26 Å². The molecule has 8 heavy (non-hydrogen) atoms. The fourth-order valence-electron chi connectivity index (χ4n) is 0.222. The van der Waals surface area contributed by atoms with Crippen LogP contribution in [0.3, 0.4) is 0 Å². The Balaban J connectivity index is 0. The smallest absolute Gasteiger partial charge is 1.00 e. The molecule has 0 aliphatic rings. The zero-order chi connectivity index (χ0) is 5.28. The van der Waals surface area contributed by atoms with Gasteiger partial charge in [0.1, 0.15) is 0 Å². The van der Waals surface area contributed by atoms with E-state index in [9.17, 15) is 9.18 Å². The molecular formula is C3H2FLiO3. The first-order valence-electron chi connectivity index (χ1n) is 1.53. The minimum absolute atomic E-state index is 0. The summed E-state index contributed by atoms with van der Waals surface area (Å²) in [6.07, 6.45) is 0.600. The van der Waals surface area contributed by atoms with E-state index in [1.807, 2.05) is 0 Å². The average Bonchev–Trinajstić information content (AvgIpc) is 1.87. The van der Waals surface area contributed by atoms with Gasteiger partial charge in [0.25, 0.3) is 0 Å². The molecule has 0 fully saturated rings. The van der Waals surface area contributed by atoms with Gasteiger partial charge in [-0.25, -0.2) is 4.79 Å². The molecule has 0 saturated carbocycles. The van der Waals surface area contributed by atoms with E-state index in [1.165, 1.54) is 0 Å². The van der Waals surface area contributed by atoms with Gasteiger partial charge in [0, 0.05) is 0 Å². The van der Waals surface area contributed by atoms with E-state index >= 15 is 0 Å². The van der Waals surface area contributed by atoms with Crippen molar-refractivity contribution in [2.24, 2.45) is 0 Å². The minimum atomic E-state index is -1.02. The van der Waals surface area contributed by atoms with Crippen molar-refractivity contribution in [3.63, 3.8) is 0 Å². The monoisotopic (exact) mass is 112 g/mol. The number of halogens is 1. The zero-order valence-corrected chi connectivity index (χ0v) is 4.18. The van der Waals surface area contributed by atoms with Crippen LogP contribution in [0, 0.1) is 6.01 Å². The molecule has 0 unspecified atom stereocenters. The van der Waals surface area contributed by atoms with Crippen LogP contribution in [-0.4, -0.2) is 0 Å². The van der Waals surface area contributed by atoms with Gasteiger partial charge in [-0.1, -0.05) is 0 Å². The van der Waals surface area contributed by atoms with E-state index in [1.54, 1.807) is 0 Å². The van der Waals surface area contributed by atoms with Crippen molar-refractivity contribution >= 4 is 0 Å². The second-order valence-electron chi connectivity index (χ2n) is 0.892. The van der Waals surface area contributed by atoms with Gasteiger partial charge in [-0.15, -0.1) is 0 Å². The third kappa shape index (κ3) is 1.56. The fraction of sp³-hybridized carbons (Fsp3) is 0. The van der Waals surface area contributed by atoms with Gasteiger partial charge in [-0.2, -0.15) is 4.39 Å². The summed E-state index contributed by atoms with van der Waals surface area (Å²) < 4.78 is 19.0. The van der Waals surface area contributed by atoms with Gasteiger partial charge < -0.3 is 10.3 Å². The summed E-state index contributed by atoms with van der Waals surface area (Å²) in [6.45, 7) is 0. The first kappa shape index (κ1) is 7.54. The Bertz CT molecular complexity index is 207. The molecule has 1 aromatic heterocycles. The Kier molecular flexibility index (Phi) is 2.59. The second-order valence-corrected chi connectivity index (χ2v) is 0.892. The molecule has 40 valence electrons. The van der Waals surface area contributed by atoms with Gasteiger partial charge in [-0.05, 0) is 0 Å². The van der Waals surface area contributed by atoms with Crippen molar-refractivity contribution in [1.29, 1.82) is 0 Å². The molecule has 0 aromatic carbocycles. The summed E-state index contributed by atoms with van der Waals surface area (Å²) in [4.78, 5) is 9.72. The molecule has 5 heteroatoms. The molecule has 3 nitrogen and oxygen atoms in total. The van der Waals surface area contributed by atoms with Crippen LogP contribution in [0.2, 0.25) is 0 Å². The second kappa shape index (κ2) is 2.75. The quantitative estimate of drug-likeness (QED) is 0.348. The van der Waals surface area contributed by atoms with Crippen LogP contribution in [-0.2, 0) is 0 Å². The molecule has 0 amide bonds. The maximum absolute atomic E-state index is 11.5. The third-order valence-corrected chi connectivity index (χ3v) is 0.429. The Morgan fingerprint density at radius 3 is 2.50 bits per heavy atom. The SMILES string of the molecule is O=c1occ(F)o1.[H-].[Li+]. The normalized spacial score (nSPS) is 8.12. The van der Waals surface area contributed by atoms with E-state index in [-0.39, 0.29) is 20.3 Å². The van der Waals surface area contributed by atoms with Crippen LogP contribution in [0.15, 0.2) is 19.9 Å². The molecule has 0 bridgehead atoms. The van der Waals surface area contributed by atoms with Crippen LogP contribution >= 0.6 is 0 Å². The van der Waals surface area contributed by atoms with Crippen LogP contribution in [0.25, 0.3) is 0 Å². The topological polar surface area (TPSA) is 43.4 Å². The molecule has 1 aromatic rings. The molecule has 0 aliphatic heterocycles. The van der Waals surface area contributed by atoms with Crippen molar-refractivity contribution in [1.82, 2.24) is 0 Å². The molecule has 1 rings (SSSR count). The van der Waals surface area contributed by atoms with E-state index in [4.69, 9.17) is 0 Å². The maximum atomic E-state index is 11.5. The maximum Gasteiger partial charge on any atom is 1.00 e. The standard InChI is InChI=1S/C3HFO3.Li.H/c4-2-1-6-3(5)7-2;;/h1H;;/q;+1;-1. The van der Waals surface area contributed by atoms with Crippen molar-refractivity contribution in [3.8, 4) is 0 Å². The summed E-state index contributed by atoms with van der Waals surface area (Å²) in [5, 5.41) is 0. The Morgan fingerprint density at radius 2 is 2.38 bits per heavy atom. The first-order chi connectivity index (χ1) is 3.29. The van der Waals surface area contributed by atoms with Gasteiger partial charge in [-0.3, -0.25) is 0 Å². The number of rotatable bonds is 0. The number of hydrogen-bond donors (Lipinski definition) is 0. The molecule has 0 N–H and O–H groups in total. The Morgan fingerprint density at radius 1 is 1.75 bits per heavy atom. The summed E-state index contributed by atoms with van der Waals surface area (Å²) in [6, 6.07) is -0.995. The van der Waals surface area contributed by atoms with E-state index in [0.717, 1.165) is 0 Å². The predicted octanol–water partition coefficient (Wildman–Crippen LogP) is -2.51. The summed E-state index contributed by atoms with van der Waals surface area (Å²) in [5.41, 5.74) is 0. The predicted molar refractivity (Wildman–Crippen MR) is 18.3 cm³/mol. The van der Waals surface area contributed by atoms with E-state index in [2.05, 4.69) is 8.83 Å². The summed E-state index contributed by atoms with van der Waals surface area (Å²) >= 11 is 0. The van der Waals surface area contributed by atoms with Crippen molar-refractivity contribution in [3.05, 3.63) is 22.9 Å². The van der Waals surface area contributed by atoms with Crippen molar-refractivity contribution in [2.75, 3.05) is 0 Å². The van der Waals surface area contributed by atoms with Crippen molar-refractivity contribution in [2.45, 2.75) is 0 Å². The van der Waals surface area contributed by atoms with Crippen LogP contribution in [0.1, 0.15) is 1.43 Å². The van der Waals surface area contributed by atoms with E-state index in [0.29, 0.717) is 6.26 Å². The van der Waals surface area contributed by atoms with Crippen molar-refractivity contribution < 1.29 is 33.5 Å². The molecular weight excluding hydrogens is 110 g/mol. The van der Waals surface area contributed by atoms with E-state index < -0.39 is 11.8 Å². The third-order valence-electron chi connectivity index (χ3n) is 0.429. The minimum Gasteiger partial charge on any atom is -1.00 e. The zero-order valence-electron chi connectivity index (χ0n) is 5.18. The molecule has 0 atom stereocenters. The Hall–Kier alpha value is -0.463. The number of hydrogen-bond acceptors (Lipinski definition) is 3. The molecule has 1 heterocycles. The van der Waals surface area contributed by atoms with Gasteiger partial charge in [0.2, 0.25) is 0 Å². The van der Waals surface area contributed by atoms with Gasteiger partial charge in [0.05, 0.1) is 0 Å². The molecule has 0 spiro atoms. The van der Waals surface area contributed by atoms with Crippen LogP contribution in [0.4, 0.5) is 4.39 Å².